The van der Waals surface area contributed by atoms with Crippen molar-refractivity contribution in [2.45, 2.75) is 39.0 Å². The molecule has 0 radical (unpaired) electrons. The Morgan fingerprint density at radius 2 is 0.967 bits per heavy atom. The lowest BCUT2D eigenvalue weighted by Crippen LogP contribution is -2.19. The second-order valence-corrected chi connectivity index (χ2v) is 6.54. The Labute approximate surface area is 182 Å². The zero-order chi connectivity index (χ0) is 21.8. The zero-order valence-electron chi connectivity index (χ0n) is 18.9. The van der Waals surface area contributed by atoms with Gasteiger partial charge in [-0.3, -0.25) is 5.84 Å². The average molecular weight is 436 g/mol. The lowest BCUT2D eigenvalue weighted by molar-refractivity contribution is -0.0166. The van der Waals surface area contributed by atoms with Crippen LogP contribution in [-0.4, -0.2) is 85.8 Å². The van der Waals surface area contributed by atoms with E-state index in [9.17, 15) is 0 Å². The van der Waals surface area contributed by atoms with E-state index in [1.807, 2.05) is 0 Å². The van der Waals surface area contributed by atoms with Gasteiger partial charge in [0.1, 0.15) is 0 Å². The van der Waals surface area contributed by atoms with Crippen LogP contribution in [0.1, 0.15) is 39.0 Å². The molecule has 0 aromatic carbocycles. The highest BCUT2D eigenvalue weighted by molar-refractivity contribution is 4.73. The molecule has 0 aromatic rings. The molecule has 0 fully saturated rings. The number of unbranched alkanes of at least 4 members (excludes halogenated alkanes) is 4. The Kier molecular flexibility index (Phi) is 27.2. The highest BCUT2D eigenvalue weighted by Gasteiger charge is 1.94. The Bertz CT molecular complexity index is 338. The molecule has 0 saturated heterocycles. The van der Waals surface area contributed by atoms with Crippen molar-refractivity contribution < 1.29 is 28.4 Å². The fourth-order valence-electron chi connectivity index (χ4n) is 2.33. The summed E-state index contributed by atoms with van der Waals surface area (Å²) in [4.78, 5) is 0. The molecule has 9 heteroatoms. The molecular weight excluding hydrogens is 390 g/mol. The first-order valence-electron chi connectivity index (χ1n) is 11.2. The van der Waals surface area contributed by atoms with Crippen LogP contribution in [0.25, 0.3) is 0 Å². The topological polar surface area (TPSA) is 105 Å². The second kappa shape index (κ2) is 28.1. The molecule has 0 spiro atoms. The molecule has 0 bridgehead atoms. The fraction of sp³-hybridized carbons (Fsp3) is 0.905. The van der Waals surface area contributed by atoms with Crippen molar-refractivity contribution in [1.29, 1.82) is 0 Å². The summed E-state index contributed by atoms with van der Waals surface area (Å²) in [5, 5.41) is 3.02. The summed E-state index contributed by atoms with van der Waals surface area (Å²) in [6.07, 6.45) is 9.65. The van der Waals surface area contributed by atoms with E-state index in [1.165, 1.54) is 25.7 Å². The predicted octanol–water partition coefficient (Wildman–Crippen LogP) is 1.58. The Balaban J connectivity index is 2.99. The molecular formula is C21H45N3O6. The van der Waals surface area contributed by atoms with Gasteiger partial charge < -0.3 is 39.2 Å². The van der Waals surface area contributed by atoms with E-state index in [4.69, 9.17) is 34.3 Å². The standard InChI is InChI=1S/C21H45N3O6/c1-2-3-4-5-6-10-25-12-14-27-16-18-29-20-21-30-19-17-28-15-13-26-11-9-23-7-8-24-22/h7-8,23-24H,2-6,9-22H2,1H3/b8-7-. The van der Waals surface area contributed by atoms with Crippen LogP contribution in [0.4, 0.5) is 0 Å². The van der Waals surface area contributed by atoms with Gasteiger partial charge in [0.2, 0.25) is 0 Å². The molecule has 0 aliphatic carbocycles. The van der Waals surface area contributed by atoms with Gasteiger partial charge in [0.05, 0.1) is 72.7 Å². The van der Waals surface area contributed by atoms with Crippen molar-refractivity contribution in [2.75, 3.05) is 85.8 Å². The van der Waals surface area contributed by atoms with Gasteiger partial charge in [0, 0.05) is 25.6 Å². The smallest absolute Gasteiger partial charge is 0.0701 e. The van der Waals surface area contributed by atoms with Crippen LogP contribution in [0.5, 0.6) is 0 Å². The summed E-state index contributed by atoms with van der Waals surface area (Å²) < 4.78 is 32.7. The zero-order valence-corrected chi connectivity index (χ0v) is 18.9. The fourth-order valence-corrected chi connectivity index (χ4v) is 2.33. The minimum Gasteiger partial charge on any atom is -0.387 e. The van der Waals surface area contributed by atoms with E-state index in [2.05, 4.69) is 17.7 Å². The van der Waals surface area contributed by atoms with Crippen molar-refractivity contribution in [1.82, 2.24) is 10.7 Å². The number of hydrogen-bond donors (Lipinski definition) is 3. The van der Waals surface area contributed by atoms with Gasteiger partial charge in [-0.1, -0.05) is 32.6 Å². The summed E-state index contributed by atoms with van der Waals surface area (Å²) >= 11 is 0. The normalized spacial score (nSPS) is 11.4. The summed E-state index contributed by atoms with van der Waals surface area (Å²) in [6, 6.07) is 0. The van der Waals surface area contributed by atoms with Crippen LogP contribution in [0.2, 0.25) is 0 Å². The van der Waals surface area contributed by atoms with Crippen LogP contribution < -0.4 is 16.6 Å². The van der Waals surface area contributed by atoms with Crippen molar-refractivity contribution in [2.24, 2.45) is 5.84 Å². The largest absolute Gasteiger partial charge is 0.387 e. The van der Waals surface area contributed by atoms with Gasteiger partial charge >= 0.3 is 0 Å². The molecule has 0 aliphatic rings. The van der Waals surface area contributed by atoms with E-state index < -0.39 is 0 Å². The summed E-state index contributed by atoms with van der Waals surface area (Å²) in [5.41, 5.74) is 2.40. The van der Waals surface area contributed by atoms with Gasteiger partial charge in [-0.15, -0.1) is 0 Å². The molecule has 0 atom stereocenters. The highest BCUT2D eigenvalue weighted by Crippen LogP contribution is 2.02. The molecule has 180 valence electrons. The van der Waals surface area contributed by atoms with E-state index in [-0.39, 0.29) is 0 Å². The van der Waals surface area contributed by atoms with Crippen LogP contribution in [0, 0.1) is 0 Å². The molecule has 0 rings (SSSR count). The Morgan fingerprint density at radius 1 is 0.533 bits per heavy atom. The quantitative estimate of drug-likeness (QED) is 0.106. The molecule has 0 amide bonds. The molecule has 0 heterocycles. The van der Waals surface area contributed by atoms with Crippen LogP contribution in [0.15, 0.2) is 12.4 Å². The predicted molar refractivity (Wildman–Crippen MR) is 118 cm³/mol. The van der Waals surface area contributed by atoms with E-state index >= 15 is 0 Å². The first-order chi connectivity index (χ1) is 14.9. The highest BCUT2D eigenvalue weighted by atomic mass is 16.6. The third-order valence-corrected chi connectivity index (χ3v) is 3.94. The van der Waals surface area contributed by atoms with Gasteiger partial charge in [-0.25, -0.2) is 0 Å². The van der Waals surface area contributed by atoms with Crippen molar-refractivity contribution in [3.05, 3.63) is 12.4 Å². The Hall–Kier alpha value is -0.940. The van der Waals surface area contributed by atoms with Crippen LogP contribution >= 0.6 is 0 Å². The maximum atomic E-state index is 5.53. The number of ether oxygens (including phenoxy) is 6. The van der Waals surface area contributed by atoms with Gasteiger partial charge in [0.25, 0.3) is 0 Å². The van der Waals surface area contributed by atoms with Crippen molar-refractivity contribution in [3.8, 4) is 0 Å². The SMILES string of the molecule is CCCCCCCOCCOCCOCCOCCOCCOCCN/C=C\NN. The van der Waals surface area contributed by atoms with Gasteiger partial charge in [-0.05, 0) is 6.42 Å². The van der Waals surface area contributed by atoms with E-state index in [0.29, 0.717) is 72.7 Å². The summed E-state index contributed by atoms with van der Waals surface area (Å²) in [6.45, 7) is 10.2. The molecule has 0 saturated carbocycles. The monoisotopic (exact) mass is 435 g/mol. The maximum Gasteiger partial charge on any atom is 0.0701 e. The first kappa shape index (κ1) is 29.1. The molecule has 4 N–H and O–H groups in total. The average Bonchev–Trinajstić information content (AvgIpc) is 2.76. The summed E-state index contributed by atoms with van der Waals surface area (Å²) in [5.74, 6) is 5.08. The molecule has 0 aliphatic heterocycles. The minimum absolute atomic E-state index is 0.550. The molecule has 30 heavy (non-hydrogen) atoms. The van der Waals surface area contributed by atoms with E-state index in [1.54, 1.807) is 12.4 Å². The lowest BCUT2D eigenvalue weighted by atomic mass is 10.2. The van der Waals surface area contributed by atoms with Crippen LogP contribution in [-0.2, 0) is 28.4 Å². The minimum atomic E-state index is 0.550. The van der Waals surface area contributed by atoms with Crippen molar-refractivity contribution in [3.63, 3.8) is 0 Å². The van der Waals surface area contributed by atoms with E-state index in [0.717, 1.165) is 19.6 Å². The van der Waals surface area contributed by atoms with Crippen LogP contribution in [0.3, 0.4) is 0 Å². The number of hydrogen-bond acceptors (Lipinski definition) is 9. The number of nitrogens with two attached hydrogens (primary N) is 1. The lowest BCUT2D eigenvalue weighted by Gasteiger charge is -2.08. The molecule has 0 unspecified atom stereocenters. The van der Waals surface area contributed by atoms with Gasteiger partial charge in [0.15, 0.2) is 0 Å². The molecule has 9 nitrogen and oxygen atoms in total. The molecule has 0 aromatic heterocycles. The van der Waals surface area contributed by atoms with Crippen molar-refractivity contribution >= 4 is 0 Å². The second-order valence-electron chi connectivity index (χ2n) is 6.54. The number of rotatable bonds is 26. The van der Waals surface area contributed by atoms with Gasteiger partial charge in [-0.2, -0.15) is 0 Å². The maximum absolute atomic E-state index is 5.53. The number of hydrazine groups is 1. The first-order valence-corrected chi connectivity index (χ1v) is 11.2. The third-order valence-electron chi connectivity index (χ3n) is 3.94. The summed E-state index contributed by atoms with van der Waals surface area (Å²) in [7, 11) is 0. The number of nitrogens with one attached hydrogen (secondary N) is 2. The Morgan fingerprint density at radius 3 is 1.43 bits per heavy atom. The third kappa shape index (κ3) is 27.1.